The number of carbonyl (C=O) groups excluding carboxylic acids is 1. The number of nitrogens with zero attached hydrogens (tertiary/aromatic N) is 1. The fourth-order valence-electron chi connectivity index (χ4n) is 2.61. The minimum absolute atomic E-state index is 0.219. The molecule has 0 aliphatic heterocycles. The Kier molecular flexibility index (Phi) is 5.14. The van der Waals surface area contributed by atoms with E-state index in [-0.39, 0.29) is 11.6 Å². The smallest absolute Gasteiger partial charge is 0.232 e. The standard InChI is InChI=1S/C20H16F2N2O/c21-18-9-8-16(12-19(18)22)24-20(25)17(15-6-2-1-3-7-15)11-14-5-4-10-23-13-14/h1-10,12-13,17H,11H2,(H,24,25). The van der Waals surface area contributed by atoms with E-state index in [1.165, 1.54) is 6.07 Å². The molecule has 1 unspecified atom stereocenters. The zero-order chi connectivity index (χ0) is 17.6. The van der Waals surface area contributed by atoms with Crippen molar-refractivity contribution in [3.8, 4) is 0 Å². The van der Waals surface area contributed by atoms with Crippen LogP contribution in [-0.2, 0) is 11.2 Å². The summed E-state index contributed by atoms with van der Waals surface area (Å²) in [6.07, 6.45) is 3.83. The van der Waals surface area contributed by atoms with Crippen LogP contribution in [0.4, 0.5) is 14.5 Å². The molecule has 1 atom stereocenters. The fourth-order valence-corrected chi connectivity index (χ4v) is 2.61. The van der Waals surface area contributed by atoms with Gasteiger partial charge in [-0.15, -0.1) is 0 Å². The molecule has 0 aliphatic carbocycles. The summed E-state index contributed by atoms with van der Waals surface area (Å²) in [5.74, 6) is -2.71. The number of nitrogens with one attached hydrogen (secondary N) is 1. The lowest BCUT2D eigenvalue weighted by molar-refractivity contribution is -0.117. The van der Waals surface area contributed by atoms with Crippen molar-refractivity contribution in [1.29, 1.82) is 0 Å². The molecule has 2 aromatic carbocycles. The van der Waals surface area contributed by atoms with Gasteiger partial charge in [0.25, 0.3) is 0 Å². The van der Waals surface area contributed by atoms with E-state index in [0.29, 0.717) is 6.42 Å². The highest BCUT2D eigenvalue weighted by Crippen LogP contribution is 2.23. The van der Waals surface area contributed by atoms with Crippen molar-refractivity contribution in [1.82, 2.24) is 4.98 Å². The van der Waals surface area contributed by atoms with Crippen LogP contribution in [0.5, 0.6) is 0 Å². The normalized spacial score (nSPS) is 11.8. The van der Waals surface area contributed by atoms with Gasteiger partial charge in [0, 0.05) is 24.1 Å². The van der Waals surface area contributed by atoms with Gasteiger partial charge >= 0.3 is 0 Å². The van der Waals surface area contributed by atoms with E-state index in [2.05, 4.69) is 10.3 Å². The lowest BCUT2D eigenvalue weighted by atomic mass is 9.91. The molecule has 126 valence electrons. The quantitative estimate of drug-likeness (QED) is 0.752. The third kappa shape index (κ3) is 4.26. The van der Waals surface area contributed by atoms with Crippen molar-refractivity contribution in [2.45, 2.75) is 12.3 Å². The van der Waals surface area contributed by atoms with Crippen LogP contribution >= 0.6 is 0 Å². The largest absolute Gasteiger partial charge is 0.325 e. The summed E-state index contributed by atoms with van der Waals surface area (Å²) in [6.45, 7) is 0. The van der Waals surface area contributed by atoms with E-state index in [9.17, 15) is 13.6 Å². The molecule has 0 fully saturated rings. The second kappa shape index (κ2) is 7.66. The molecule has 25 heavy (non-hydrogen) atoms. The first-order valence-corrected chi connectivity index (χ1v) is 7.83. The molecule has 1 aromatic heterocycles. The van der Waals surface area contributed by atoms with Crippen molar-refractivity contribution in [2.24, 2.45) is 0 Å². The number of aromatic nitrogens is 1. The van der Waals surface area contributed by atoms with Crippen molar-refractivity contribution in [2.75, 3.05) is 5.32 Å². The maximum absolute atomic E-state index is 13.4. The first-order chi connectivity index (χ1) is 12.1. The SMILES string of the molecule is O=C(Nc1ccc(F)c(F)c1)C(Cc1cccnc1)c1ccccc1. The van der Waals surface area contributed by atoms with E-state index >= 15 is 0 Å². The third-order valence-electron chi connectivity index (χ3n) is 3.87. The van der Waals surface area contributed by atoms with Gasteiger partial charge in [-0.3, -0.25) is 9.78 Å². The Morgan fingerprint density at radius 3 is 2.48 bits per heavy atom. The monoisotopic (exact) mass is 338 g/mol. The van der Waals surface area contributed by atoms with Gasteiger partial charge in [0.1, 0.15) is 0 Å². The van der Waals surface area contributed by atoms with Gasteiger partial charge in [0.05, 0.1) is 5.92 Å². The molecule has 0 spiro atoms. The van der Waals surface area contributed by atoms with Crippen LogP contribution in [0.3, 0.4) is 0 Å². The average Bonchev–Trinajstić information content (AvgIpc) is 2.64. The number of carbonyl (C=O) groups is 1. The van der Waals surface area contributed by atoms with Crippen LogP contribution in [-0.4, -0.2) is 10.9 Å². The molecule has 1 N–H and O–H groups in total. The summed E-state index contributed by atoms with van der Waals surface area (Å²) in [6, 6.07) is 16.3. The van der Waals surface area contributed by atoms with Crippen LogP contribution in [0.2, 0.25) is 0 Å². The number of amides is 1. The van der Waals surface area contributed by atoms with Gasteiger partial charge in [-0.05, 0) is 35.7 Å². The first-order valence-electron chi connectivity index (χ1n) is 7.83. The van der Waals surface area contributed by atoms with Crippen molar-refractivity contribution in [3.63, 3.8) is 0 Å². The number of pyridine rings is 1. The summed E-state index contributed by atoms with van der Waals surface area (Å²) in [5, 5.41) is 2.66. The topological polar surface area (TPSA) is 42.0 Å². The van der Waals surface area contributed by atoms with Gasteiger partial charge in [0.2, 0.25) is 5.91 Å². The number of hydrogen-bond acceptors (Lipinski definition) is 2. The second-order valence-electron chi connectivity index (χ2n) is 5.65. The van der Waals surface area contributed by atoms with Gasteiger partial charge in [-0.25, -0.2) is 8.78 Å². The number of rotatable bonds is 5. The predicted octanol–water partition coefficient (Wildman–Crippen LogP) is 4.32. The second-order valence-corrected chi connectivity index (χ2v) is 5.65. The Hall–Kier alpha value is -3.08. The van der Waals surface area contributed by atoms with E-state index < -0.39 is 17.6 Å². The summed E-state index contributed by atoms with van der Waals surface area (Å²) < 4.78 is 26.4. The maximum Gasteiger partial charge on any atom is 0.232 e. The highest BCUT2D eigenvalue weighted by molar-refractivity contribution is 5.96. The predicted molar refractivity (Wildman–Crippen MR) is 92.1 cm³/mol. The number of anilines is 1. The minimum atomic E-state index is -0.999. The molecular weight excluding hydrogens is 322 g/mol. The molecule has 0 saturated heterocycles. The Balaban J connectivity index is 1.85. The highest BCUT2D eigenvalue weighted by Gasteiger charge is 2.21. The highest BCUT2D eigenvalue weighted by atomic mass is 19.2. The zero-order valence-corrected chi connectivity index (χ0v) is 13.3. The number of halogens is 2. The van der Waals surface area contributed by atoms with Gasteiger partial charge in [-0.2, -0.15) is 0 Å². The lowest BCUT2D eigenvalue weighted by Crippen LogP contribution is -2.23. The Morgan fingerprint density at radius 2 is 1.80 bits per heavy atom. The van der Waals surface area contributed by atoms with Crippen LogP contribution in [0.15, 0.2) is 73.1 Å². The molecular formula is C20H16F2N2O. The molecule has 3 aromatic rings. The molecule has 0 aliphatic rings. The van der Waals surface area contributed by atoms with E-state index in [0.717, 1.165) is 23.3 Å². The average molecular weight is 338 g/mol. The molecule has 3 rings (SSSR count). The van der Waals surface area contributed by atoms with Gasteiger partial charge in [0.15, 0.2) is 11.6 Å². The number of benzene rings is 2. The summed E-state index contributed by atoms with van der Waals surface area (Å²) in [4.78, 5) is 16.8. The maximum atomic E-state index is 13.4. The zero-order valence-electron chi connectivity index (χ0n) is 13.3. The van der Waals surface area contributed by atoms with Crippen molar-refractivity contribution >= 4 is 11.6 Å². The third-order valence-corrected chi connectivity index (χ3v) is 3.87. The molecule has 1 heterocycles. The first kappa shape index (κ1) is 16.8. The molecule has 3 nitrogen and oxygen atoms in total. The molecule has 5 heteroatoms. The molecule has 1 amide bonds. The van der Waals surface area contributed by atoms with Crippen LogP contribution < -0.4 is 5.32 Å². The molecule has 0 radical (unpaired) electrons. The molecule has 0 bridgehead atoms. The van der Waals surface area contributed by atoms with Crippen molar-refractivity contribution in [3.05, 3.63) is 95.8 Å². The Labute approximate surface area is 144 Å². The fraction of sp³-hybridized carbons (Fsp3) is 0.100. The lowest BCUT2D eigenvalue weighted by Gasteiger charge is -2.17. The van der Waals surface area contributed by atoms with Crippen LogP contribution in [0, 0.1) is 11.6 Å². The van der Waals surface area contributed by atoms with Crippen LogP contribution in [0.25, 0.3) is 0 Å². The Morgan fingerprint density at radius 1 is 1.00 bits per heavy atom. The molecule has 0 saturated carbocycles. The summed E-state index contributed by atoms with van der Waals surface area (Å²) in [7, 11) is 0. The van der Waals surface area contributed by atoms with Crippen LogP contribution in [0.1, 0.15) is 17.0 Å². The Bertz CT molecular complexity index is 854. The van der Waals surface area contributed by atoms with E-state index in [4.69, 9.17) is 0 Å². The number of hydrogen-bond donors (Lipinski definition) is 1. The summed E-state index contributed by atoms with van der Waals surface area (Å²) >= 11 is 0. The minimum Gasteiger partial charge on any atom is -0.325 e. The van der Waals surface area contributed by atoms with Gasteiger partial charge < -0.3 is 5.32 Å². The van der Waals surface area contributed by atoms with Gasteiger partial charge in [-0.1, -0.05) is 36.4 Å². The summed E-state index contributed by atoms with van der Waals surface area (Å²) in [5.41, 5.74) is 1.97. The van der Waals surface area contributed by atoms with E-state index in [1.807, 2.05) is 42.5 Å². The van der Waals surface area contributed by atoms with Crippen molar-refractivity contribution < 1.29 is 13.6 Å². The van der Waals surface area contributed by atoms with E-state index in [1.54, 1.807) is 12.4 Å².